The van der Waals surface area contributed by atoms with Crippen molar-refractivity contribution in [3.8, 4) is 0 Å². The molecule has 0 saturated carbocycles. The number of hydrogen-bond donors (Lipinski definition) is 1. The summed E-state index contributed by atoms with van der Waals surface area (Å²) in [4.78, 5) is 20.9. The molecule has 1 amide bonds. The van der Waals surface area contributed by atoms with Gasteiger partial charge in [0.1, 0.15) is 15.7 Å². The molecule has 2 rings (SSSR count). The molecule has 0 aliphatic rings. The highest BCUT2D eigenvalue weighted by atomic mass is 32.1. The smallest absolute Gasteiger partial charge is 0.401 e. The number of carbonyl (C=O) groups is 1. The van der Waals surface area contributed by atoms with E-state index in [-0.39, 0.29) is 11.8 Å². The zero-order valence-corrected chi connectivity index (χ0v) is 12.1. The van der Waals surface area contributed by atoms with Crippen LogP contribution in [0.25, 0.3) is 11.6 Å². The van der Waals surface area contributed by atoms with Crippen LogP contribution in [0.15, 0.2) is 16.5 Å². The van der Waals surface area contributed by atoms with Gasteiger partial charge in [0.15, 0.2) is 0 Å². The number of hydrogen-bond acceptors (Lipinski definition) is 7. The Kier molecular flexibility index (Phi) is 4.43. The van der Waals surface area contributed by atoms with Crippen LogP contribution in [0.3, 0.4) is 0 Å². The Hall–Kier alpha value is -2.55. The van der Waals surface area contributed by atoms with Gasteiger partial charge in [-0.2, -0.15) is 0 Å². The standard InChI is InChI=1S/C12H12N4O4S/c1-3-8(6-9-4-5-10(20-9)16(18)19)11-14-15-12(21-11)13-7(2)17/h4-6H,3H2,1-2H3,(H,13,15,17)/b8-6+. The molecule has 0 spiro atoms. The maximum Gasteiger partial charge on any atom is 0.433 e. The Bertz CT molecular complexity index is 704. The van der Waals surface area contributed by atoms with Crippen LogP contribution in [-0.4, -0.2) is 21.0 Å². The molecule has 0 aliphatic heterocycles. The van der Waals surface area contributed by atoms with Crippen LogP contribution in [0.2, 0.25) is 0 Å². The SMILES string of the molecule is CC/C(=C\c1ccc([N+](=O)[O-])o1)c1nnc(NC(C)=O)s1. The fraction of sp³-hybridized carbons (Fsp3) is 0.250. The van der Waals surface area contributed by atoms with Crippen LogP contribution in [-0.2, 0) is 4.79 Å². The van der Waals surface area contributed by atoms with Crippen molar-refractivity contribution in [2.45, 2.75) is 20.3 Å². The number of allylic oxidation sites excluding steroid dienone is 1. The van der Waals surface area contributed by atoms with E-state index in [2.05, 4.69) is 15.5 Å². The maximum atomic E-state index is 11.0. The molecule has 2 aromatic heterocycles. The van der Waals surface area contributed by atoms with Crippen molar-refractivity contribution in [3.05, 3.63) is 33.0 Å². The van der Waals surface area contributed by atoms with Gasteiger partial charge in [0.25, 0.3) is 0 Å². The van der Waals surface area contributed by atoms with Gasteiger partial charge in [-0.1, -0.05) is 18.3 Å². The van der Waals surface area contributed by atoms with Gasteiger partial charge in [-0.05, 0) is 24.1 Å². The van der Waals surface area contributed by atoms with Gasteiger partial charge in [0.2, 0.25) is 11.0 Å². The molecule has 0 fully saturated rings. The number of carbonyl (C=O) groups excluding carboxylic acids is 1. The van der Waals surface area contributed by atoms with Gasteiger partial charge in [-0.15, -0.1) is 10.2 Å². The Labute approximate surface area is 123 Å². The van der Waals surface area contributed by atoms with Crippen LogP contribution in [0.5, 0.6) is 0 Å². The van der Waals surface area contributed by atoms with Gasteiger partial charge in [0.05, 0.1) is 6.07 Å². The second-order valence-electron chi connectivity index (χ2n) is 4.05. The van der Waals surface area contributed by atoms with E-state index in [0.717, 1.165) is 5.57 Å². The zero-order chi connectivity index (χ0) is 15.4. The predicted molar refractivity (Wildman–Crippen MR) is 77.7 cm³/mol. The number of nitro groups is 1. The first-order chi connectivity index (χ1) is 9.99. The molecular formula is C12H12N4O4S. The Morgan fingerprint density at radius 1 is 1.52 bits per heavy atom. The van der Waals surface area contributed by atoms with E-state index in [4.69, 9.17) is 4.42 Å². The van der Waals surface area contributed by atoms with Crippen LogP contribution in [0.1, 0.15) is 31.0 Å². The lowest BCUT2D eigenvalue weighted by Crippen LogP contribution is -2.04. The topological polar surface area (TPSA) is 111 Å². The van der Waals surface area contributed by atoms with Gasteiger partial charge >= 0.3 is 5.88 Å². The second-order valence-corrected chi connectivity index (χ2v) is 5.03. The third-order valence-corrected chi connectivity index (χ3v) is 3.39. The minimum Gasteiger partial charge on any atom is -0.401 e. The van der Waals surface area contributed by atoms with Crippen molar-refractivity contribution in [1.82, 2.24) is 10.2 Å². The molecule has 0 aliphatic carbocycles. The first kappa shape index (κ1) is 14.9. The Balaban J connectivity index is 2.25. The zero-order valence-electron chi connectivity index (χ0n) is 11.3. The molecule has 110 valence electrons. The van der Waals surface area contributed by atoms with Crippen molar-refractivity contribution in [2.24, 2.45) is 0 Å². The van der Waals surface area contributed by atoms with E-state index < -0.39 is 4.92 Å². The molecule has 2 aromatic rings. The number of nitrogens with zero attached hydrogens (tertiary/aromatic N) is 3. The molecule has 21 heavy (non-hydrogen) atoms. The molecule has 0 unspecified atom stereocenters. The summed E-state index contributed by atoms with van der Waals surface area (Å²) in [6.45, 7) is 3.31. The number of amides is 1. The second kappa shape index (κ2) is 6.27. The summed E-state index contributed by atoms with van der Waals surface area (Å²) in [5.41, 5.74) is 0.813. The quantitative estimate of drug-likeness (QED) is 0.671. The summed E-state index contributed by atoms with van der Waals surface area (Å²) in [5, 5.41) is 22.0. The largest absolute Gasteiger partial charge is 0.433 e. The highest BCUT2D eigenvalue weighted by Crippen LogP contribution is 2.28. The summed E-state index contributed by atoms with van der Waals surface area (Å²) in [5.74, 6) is -0.163. The number of anilines is 1. The fourth-order valence-corrected chi connectivity index (χ4v) is 2.43. The summed E-state index contributed by atoms with van der Waals surface area (Å²) in [7, 11) is 0. The van der Waals surface area contributed by atoms with Gasteiger partial charge < -0.3 is 9.73 Å². The molecule has 1 N–H and O–H groups in total. The molecule has 0 bridgehead atoms. The summed E-state index contributed by atoms with van der Waals surface area (Å²) < 4.78 is 5.08. The van der Waals surface area contributed by atoms with E-state index in [1.807, 2.05) is 6.92 Å². The minimum absolute atomic E-state index is 0.221. The lowest BCUT2D eigenvalue weighted by molar-refractivity contribution is -0.402. The van der Waals surface area contributed by atoms with E-state index >= 15 is 0 Å². The molecule has 2 heterocycles. The highest BCUT2D eigenvalue weighted by molar-refractivity contribution is 7.16. The Morgan fingerprint density at radius 2 is 2.29 bits per heavy atom. The third-order valence-electron chi connectivity index (χ3n) is 2.47. The van der Waals surface area contributed by atoms with Crippen molar-refractivity contribution in [2.75, 3.05) is 5.32 Å². The number of furan rings is 1. The lowest BCUT2D eigenvalue weighted by Gasteiger charge is -1.97. The summed E-state index contributed by atoms with van der Waals surface area (Å²) in [6, 6.07) is 2.81. The van der Waals surface area contributed by atoms with Crippen LogP contribution >= 0.6 is 11.3 Å². The van der Waals surface area contributed by atoms with Gasteiger partial charge in [-0.25, -0.2) is 0 Å². The summed E-state index contributed by atoms with van der Waals surface area (Å²) in [6.07, 6.45) is 2.31. The van der Waals surface area contributed by atoms with Crippen LogP contribution < -0.4 is 5.32 Å². The van der Waals surface area contributed by atoms with Crippen molar-refractivity contribution >= 4 is 39.9 Å². The average molecular weight is 308 g/mol. The number of rotatable bonds is 5. The van der Waals surface area contributed by atoms with E-state index in [9.17, 15) is 14.9 Å². The maximum absolute atomic E-state index is 11.0. The monoisotopic (exact) mass is 308 g/mol. The van der Waals surface area contributed by atoms with Gasteiger partial charge in [-0.3, -0.25) is 14.9 Å². The lowest BCUT2D eigenvalue weighted by atomic mass is 10.2. The molecule has 0 saturated heterocycles. The molecule has 0 aromatic carbocycles. The molecule has 0 radical (unpaired) electrons. The van der Waals surface area contributed by atoms with Crippen molar-refractivity contribution < 1.29 is 14.1 Å². The van der Waals surface area contributed by atoms with E-state index in [0.29, 0.717) is 22.3 Å². The van der Waals surface area contributed by atoms with Crippen LogP contribution in [0, 0.1) is 10.1 Å². The number of aromatic nitrogens is 2. The van der Waals surface area contributed by atoms with Gasteiger partial charge in [0, 0.05) is 6.92 Å². The van der Waals surface area contributed by atoms with E-state index in [1.165, 1.54) is 30.4 Å². The fourth-order valence-electron chi connectivity index (χ4n) is 1.56. The Morgan fingerprint density at radius 3 is 2.86 bits per heavy atom. The first-order valence-corrected chi connectivity index (χ1v) is 6.87. The summed E-state index contributed by atoms with van der Waals surface area (Å²) >= 11 is 1.23. The van der Waals surface area contributed by atoms with Crippen molar-refractivity contribution in [3.63, 3.8) is 0 Å². The van der Waals surface area contributed by atoms with Crippen LogP contribution in [0.4, 0.5) is 11.0 Å². The highest BCUT2D eigenvalue weighted by Gasteiger charge is 2.13. The molecule has 9 heteroatoms. The molecular weight excluding hydrogens is 296 g/mol. The third kappa shape index (κ3) is 3.72. The number of nitrogens with one attached hydrogen (secondary N) is 1. The average Bonchev–Trinajstić information content (AvgIpc) is 3.04. The van der Waals surface area contributed by atoms with Crippen molar-refractivity contribution in [1.29, 1.82) is 0 Å². The predicted octanol–water partition coefficient (Wildman–Crippen LogP) is 2.95. The molecule has 0 atom stereocenters. The van der Waals surface area contributed by atoms with E-state index in [1.54, 1.807) is 6.08 Å². The first-order valence-electron chi connectivity index (χ1n) is 6.06. The molecule has 8 nitrogen and oxygen atoms in total. The minimum atomic E-state index is -0.594. The normalized spacial score (nSPS) is 11.4.